The minimum absolute atomic E-state index is 0.00362. The lowest BCUT2D eigenvalue weighted by atomic mass is 10.2. The Balaban J connectivity index is 2.10. The number of anilines is 1. The number of nitrogens with two attached hydrogens (primary N) is 1. The summed E-state index contributed by atoms with van der Waals surface area (Å²) in [5.41, 5.74) is 6.88. The molecule has 0 aliphatic carbocycles. The Kier molecular flexibility index (Phi) is 3.76. The first-order valence-corrected chi connectivity index (χ1v) is 7.37. The Hall–Kier alpha value is -2.12. The zero-order valence-electron chi connectivity index (χ0n) is 11.4. The topological polar surface area (TPSA) is 76.7 Å². The van der Waals surface area contributed by atoms with Crippen molar-refractivity contribution in [3.63, 3.8) is 0 Å². The molecule has 0 spiro atoms. The van der Waals surface area contributed by atoms with Crippen LogP contribution in [0.25, 0.3) is 21.6 Å². The Morgan fingerprint density at radius 2 is 2.24 bits per heavy atom. The molecule has 0 bridgehead atoms. The van der Waals surface area contributed by atoms with Gasteiger partial charge < -0.3 is 11.1 Å². The van der Waals surface area contributed by atoms with E-state index in [9.17, 15) is 4.39 Å². The van der Waals surface area contributed by atoms with E-state index in [0.717, 1.165) is 16.4 Å². The summed E-state index contributed by atoms with van der Waals surface area (Å²) in [5, 5.41) is 5.13. The smallest absolute Gasteiger partial charge is 0.165 e. The second-order valence-corrected chi connectivity index (χ2v) is 5.66. The highest BCUT2D eigenvalue weighted by Crippen LogP contribution is 2.29. The molecule has 0 fully saturated rings. The van der Waals surface area contributed by atoms with Gasteiger partial charge in [-0.2, -0.15) is 0 Å². The van der Waals surface area contributed by atoms with E-state index in [0.29, 0.717) is 23.8 Å². The lowest BCUT2D eigenvalue weighted by molar-refractivity contribution is 0.623. The van der Waals surface area contributed by atoms with Gasteiger partial charge in [-0.3, -0.25) is 4.98 Å². The first kappa shape index (κ1) is 13.8. The summed E-state index contributed by atoms with van der Waals surface area (Å²) in [6.45, 7) is 2.49. The average molecular weight is 303 g/mol. The Bertz CT molecular complexity index is 771. The standard InChI is InChI=1S/C14H14FN5S/c1-8(16)6-18-14-12-11(3-5-21-12)19-13(20-14)9-2-4-17-7-10(9)15/h2-5,7-8H,6,16H2,1H3,(H,18,19,20)/t8-/m0/s1. The molecular formula is C14H14FN5S. The summed E-state index contributed by atoms with van der Waals surface area (Å²) in [6, 6.07) is 3.45. The Labute approximate surface area is 125 Å². The molecule has 3 rings (SSSR count). The molecule has 0 aliphatic heterocycles. The predicted octanol–water partition coefficient (Wildman–Crippen LogP) is 2.65. The molecule has 0 saturated heterocycles. The predicted molar refractivity (Wildman–Crippen MR) is 82.7 cm³/mol. The molecule has 0 aliphatic rings. The second kappa shape index (κ2) is 5.71. The molecule has 7 heteroatoms. The maximum Gasteiger partial charge on any atom is 0.165 e. The fraction of sp³-hybridized carbons (Fsp3) is 0.214. The van der Waals surface area contributed by atoms with Gasteiger partial charge in [-0.15, -0.1) is 11.3 Å². The maximum atomic E-state index is 13.9. The number of aromatic nitrogens is 3. The van der Waals surface area contributed by atoms with Crippen LogP contribution in [0.5, 0.6) is 0 Å². The van der Waals surface area contributed by atoms with E-state index in [1.807, 2.05) is 18.4 Å². The van der Waals surface area contributed by atoms with Crippen molar-refractivity contribution in [2.24, 2.45) is 5.73 Å². The molecule has 0 unspecified atom stereocenters. The van der Waals surface area contributed by atoms with Crippen molar-refractivity contribution in [1.29, 1.82) is 0 Å². The molecule has 0 saturated carbocycles. The fourth-order valence-electron chi connectivity index (χ4n) is 1.92. The number of thiophene rings is 1. The number of nitrogens with zero attached hydrogens (tertiary/aromatic N) is 3. The van der Waals surface area contributed by atoms with Crippen LogP contribution in [0.1, 0.15) is 6.92 Å². The van der Waals surface area contributed by atoms with Crippen LogP contribution in [-0.4, -0.2) is 27.5 Å². The molecule has 0 amide bonds. The van der Waals surface area contributed by atoms with Gasteiger partial charge in [0.2, 0.25) is 0 Å². The molecule has 5 nitrogen and oxygen atoms in total. The van der Waals surface area contributed by atoms with Crippen molar-refractivity contribution in [3.8, 4) is 11.4 Å². The quantitative estimate of drug-likeness (QED) is 0.775. The lowest BCUT2D eigenvalue weighted by Gasteiger charge is -2.10. The van der Waals surface area contributed by atoms with Gasteiger partial charge in [0.25, 0.3) is 0 Å². The van der Waals surface area contributed by atoms with E-state index in [1.54, 1.807) is 6.07 Å². The van der Waals surface area contributed by atoms with Crippen molar-refractivity contribution in [3.05, 3.63) is 35.7 Å². The van der Waals surface area contributed by atoms with Crippen molar-refractivity contribution in [2.45, 2.75) is 13.0 Å². The molecule has 3 aromatic rings. The number of rotatable bonds is 4. The summed E-state index contributed by atoms with van der Waals surface area (Å²) in [7, 11) is 0. The molecule has 1 atom stereocenters. The molecule has 3 heterocycles. The third kappa shape index (κ3) is 2.84. The van der Waals surface area contributed by atoms with Gasteiger partial charge in [0.1, 0.15) is 5.82 Å². The first-order valence-electron chi connectivity index (χ1n) is 6.49. The van der Waals surface area contributed by atoms with Crippen LogP contribution in [-0.2, 0) is 0 Å². The normalized spacial score (nSPS) is 12.5. The van der Waals surface area contributed by atoms with Gasteiger partial charge in [0, 0.05) is 18.8 Å². The van der Waals surface area contributed by atoms with E-state index < -0.39 is 5.82 Å². The van der Waals surface area contributed by atoms with Crippen LogP contribution in [0.4, 0.5) is 10.2 Å². The molecule has 21 heavy (non-hydrogen) atoms. The second-order valence-electron chi connectivity index (χ2n) is 4.74. The van der Waals surface area contributed by atoms with Gasteiger partial charge in [-0.1, -0.05) is 0 Å². The third-order valence-corrected chi connectivity index (χ3v) is 3.82. The van der Waals surface area contributed by atoms with E-state index in [2.05, 4.69) is 20.3 Å². The minimum Gasteiger partial charge on any atom is -0.367 e. The lowest BCUT2D eigenvalue weighted by Crippen LogP contribution is -2.25. The van der Waals surface area contributed by atoms with Gasteiger partial charge in [-0.05, 0) is 24.4 Å². The van der Waals surface area contributed by atoms with E-state index in [1.165, 1.54) is 17.5 Å². The molecular weight excluding hydrogens is 289 g/mol. The van der Waals surface area contributed by atoms with Crippen LogP contribution in [0, 0.1) is 5.82 Å². The Morgan fingerprint density at radius 1 is 1.38 bits per heavy atom. The number of hydrogen-bond acceptors (Lipinski definition) is 6. The van der Waals surface area contributed by atoms with Crippen molar-refractivity contribution < 1.29 is 4.39 Å². The molecule has 108 valence electrons. The van der Waals surface area contributed by atoms with Crippen LogP contribution >= 0.6 is 11.3 Å². The molecule has 3 N–H and O–H groups in total. The van der Waals surface area contributed by atoms with Crippen LogP contribution in [0.15, 0.2) is 29.9 Å². The molecule has 3 aromatic heterocycles. The van der Waals surface area contributed by atoms with E-state index in [4.69, 9.17) is 5.73 Å². The van der Waals surface area contributed by atoms with Crippen LogP contribution < -0.4 is 11.1 Å². The number of pyridine rings is 1. The van der Waals surface area contributed by atoms with Crippen molar-refractivity contribution in [2.75, 3.05) is 11.9 Å². The molecule has 0 radical (unpaired) electrons. The molecule has 0 aromatic carbocycles. The summed E-state index contributed by atoms with van der Waals surface area (Å²) in [5.74, 6) is 0.580. The van der Waals surface area contributed by atoms with Gasteiger partial charge in [-0.25, -0.2) is 14.4 Å². The number of hydrogen-bond donors (Lipinski definition) is 2. The van der Waals surface area contributed by atoms with Gasteiger partial charge in [0.05, 0.1) is 22.0 Å². The van der Waals surface area contributed by atoms with Crippen LogP contribution in [0.2, 0.25) is 0 Å². The fourth-order valence-corrected chi connectivity index (χ4v) is 2.71. The number of halogens is 1. The largest absolute Gasteiger partial charge is 0.367 e. The number of fused-ring (bicyclic) bond motifs is 1. The van der Waals surface area contributed by atoms with Gasteiger partial charge in [0.15, 0.2) is 11.6 Å². The van der Waals surface area contributed by atoms with E-state index >= 15 is 0 Å². The summed E-state index contributed by atoms with van der Waals surface area (Å²) in [6.07, 6.45) is 2.68. The highest BCUT2D eigenvalue weighted by atomic mass is 32.1. The average Bonchev–Trinajstić information content (AvgIpc) is 2.93. The highest BCUT2D eigenvalue weighted by molar-refractivity contribution is 7.17. The zero-order valence-corrected chi connectivity index (χ0v) is 12.2. The van der Waals surface area contributed by atoms with E-state index in [-0.39, 0.29) is 6.04 Å². The highest BCUT2D eigenvalue weighted by Gasteiger charge is 2.13. The summed E-state index contributed by atoms with van der Waals surface area (Å²) >= 11 is 1.54. The van der Waals surface area contributed by atoms with Gasteiger partial charge >= 0.3 is 0 Å². The summed E-state index contributed by atoms with van der Waals surface area (Å²) < 4.78 is 14.8. The third-order valence-electron chi connectivity index (χ3n) is 2.91. The monoisotopic (exact) mass is 303 g/mol. The van der Waals surface area contributed by atoms with Crippen molar-refractivity contribution in [1.82, 2.24) is 15.0 Å². The van der Waals surface area contributed by atoms with Crippen molar-refractivity contribution >= 4 is 27.4 Å². The maximum absolute atomic E-state index is 13.9. The van der Waals surface area contributed by atoms with Crippen LogP contribution in [0.3, 0.4) is 0 Å². The zero-order chi connectivity index (χ0) is 14.8. The Morgan fingerprint density at radius 3 is 3.00 bits per heavy atom. The number of nitrogens with one attached hydrogen (secondary N) is 1. The summed E-state index contributed by atoms with van der Waals surface area (Å²) in [4.78, 5) is 12.6. The first-order chi connectivity index (χ1) is 10.1. The minimum atomic E-state index is -0.440. The SMILES string of the molecule is C[C@H](N)CNc1nc(-c2ccncc2F)nc2ccsc12.